The van der Waals surface area contributed by atoms with E-state index in [-0.39, 0.29) is 0 Å². The van der Waals surface area contributed by atoms with Gasteiger partial charge in [0.05, 0.1) is 0 Å². The van der Waals surface area contributed by atoms with Crippen LogP contribution in [0.25, 0.3) is 98.0 Å². The van der Waals surface area contributed by atoms with Crippen LogP contribution in [-0.4, -0.2) is 0 Å². The predicted molar refractivity (Wildman–Crippen MR) is 341 cm³/mol. The Balaban J connectivity index is 0.000000158. The van der Waals surface area contributed by atoms with Gasteiger partial charge in [-0.05, 0) is 167 Å². The van der Waals surface area contributed by atoms with Gasteiger partial charge in [0.2, 0.25) is 0 Å². The summed E-state index contributed by atoms with van der Waals surface area (Å²) in [4.78, 5) is 2.34. The number of benzene rings is 14. The Morgan fingerprint density at radius 2 is 0.474 bits per heavy atom. The van der Waals surface area contributed by atoms with Gasteiger partial charge in [-0.25, -0.2) is 0 Å². The van der Waals surface area contributed by atoms with Crippen LogP contribution in [0.4, 0.5) is 17.1 Å². The fourth-order valence-corrected chi connectivity index (χ4v) is 10.9. The molecular weight excluding hydrogens is 939 g/mol. The number of aryl methyl sites for hydroxylation is 3. The highest BCUT2D eigenvalue weighted by atomic mass is 15.1. The smallest absolute Gasteiger partial charge is 0.0467 e. The largest absolute Gasteiger partial charge is 0.310 e. The summed E-state index contributed by atoms with van der Waals surface area (Å²) in [7, 11) is 0. The third-order valence-corrected chi connectivity index (χ3v) is 14.7. The number of anilines is 3. The van der Waals surface area contributed by atoms with Gasteiger partial charge in [-0.1, -0.05) is 273 Å². The molecule has 0 heterocycles. The van der Waals surface area contributed by atoms with E-state index in [1.54, 1.807) is 0 Å². The molecule has 0 bridgehead atoms. The van der Waals surface area contributed by atoms with Crippen molar-refractivity contribution in [3.8, 4) is 33.4 Å². The molecule has 0 fully saturated rings. The van der Waals surface area contributed by atoms with E-state index < -0.39 is 0 Å². The van der Waals surface area contributed by atoms with E-state index in [0.29, 0.717) is 0 Å². The summed E-state index contributed by atoms with van der Waals surface area (Å²) >= 11 is 0. The summed E-state index contributed by atoms with van der Waals surface area (Å²) in [6, 6.07) is 105. The molecule has 14 rings (SSSR count). The van der Waals surface area contributed by atoms with E-state index >= 15 is 0 Å². The van der Waals surface area contributed by atoms with Crippen LogP contribution in [0.3, 0.4) is 0 Å². The molecule has 78 heavy (non-hydrogen) atoms. The van der Waals surface area contributed by atoms with Crippen molar-refractivity contribution in [2.24, 2.45) is 0 Å². The van der Waals surface area contributed by atoms with Crippen LogP contribution >= 0.6 is 0 Å². The SMILES string of the molecule is CC.Cc1ccc(-c2ccc(N(c3ccccc3)c3cccc(-c4ccc5c6ccccc6c6ccccc6c5c4)c3)cc2)cc1.Cc1cccc(-c2ccc3c4ccccc4c4ccccc4c3c2)c1.Cc1ccccc1. The van der Waals surface area contributed by atoms with Gasteiger partial charge in [0.15, 0.2) is 0 Å². The van der Waals surface area contributed by atoms with Crippen molar-refractivity contribution >= 4 is 81.7 Å². The van der Waals surface area contributed by atoms with Crippen LogP contribution in [0, 0.1) is 20.8 Å². The normalized spacial score (nSPS) is 10.9. The number of hydrogen-bond acceptors (Lipinski definition) is 1. The van der Waals surface area contributed by atoms with E-state index in [2.05, 4.69) is 299 Å². The van der Waals surface area contributed by atoms with Gasteiger partial charge < -0.3 is 4.90 Å². The Kier molecular flexibility index (Phi) is 15.0. The van der Waals surface area contributed by atoms with E-state index in [0.717, 1.165) is 17.1 Å². The predicted octanol–water partition coefficient (Wildman–Crippen LogP) is 22.4. The first-order valence-electron chi connectivity index (χ1n) is 27.3. The highest BCUT2D eigenvalue weighted by Crippen LogP contribution is 2.41. The first-order chi connectivity index (χ1) is 38.4. The summed E-state index contributed by atoms with van der Waals surface area (Å²) in [6.45, 7) is 10.4. The van der Waals surface area contributed by atoms with Crippen molar-refractivity contribution in [1.29, 1.82) is 0 Å². The van der Waals surface area contributed by atoms with Crippen LogP contribution in [0.5, 0.6) is 0 Å². The third kappa shape index (κ3) is 10.5. The van der Waals surface area contributed by atoms with Crippen LogP contribution < -0.4 is 4.90 Å². The van der Waals surface area contributed by atoms with Gasteiger partial charge in [-0.3, -0.25) is 0 Å². The van der Waals surface area contributed by atoms with E-state index in [9.17, 15) is 0 Å². The molecule has 0 N–H and O–H groups in total. The van der Waals surface area contributed by atoms with Crippen molar-refractivity contribution in [2.45, 2.75) is 34.6 Å². The Morgan fingerprint density at radius 1 is 0.179 bits per heavy atom. The molecule has 0 unspecified atom stereocenters. The number of rotatable bonds is 6. The molecule has 0 atom stereocenters. The lowest BCUT2D eigenvalue weighted by Crippen LogP contribution is -2.09. The number of nitrogens with zero attached hydrogens (tertiary/aromatic N) is 1. The van der Waals surface area contributed by atoms with Crippen LogP contribution in [0.15, 0.2) is 291 Å². The van der Waals surface area contributed by atoms with Crippen molar-refractivity contribution in [1.82, 2.24) is 0 Å². The van der Waals surface area contributed by atoms with Gasteiger partial charge >= 0.3 is 0 Å². The molecule has 1 nitrogen and oxygen atoms in total. The lowest BCUT2D eigenvalue weighted by Gasteiger charge is -2.26. The van der Waals surface area contributed by atoms with Crippen LogP contribution in [-0.2, 0) is 0 Å². The summed E-state index contributed by atoms with van der Waals surface area (Å²) in [5.74, 6) is 0. The summed E-state index contributed by atoms with van der Waals surface area (Å²) < 4.78 is 0. The molecule has 1 heteroatoms. The second-order valence-electron chi connectivity index (χ2n) is 19.9. The Hall–Kier alpha value is -9.56. The molecule has 0 aliphatic carbocycles. The molecular formula is C77H63N. The monoisotopic (exact) mass is 1000 g/mol. The van der Waals surface area contributed by atoms with E-state index in [1.165, 1.54) is 115 Å². The lowest BCUT2D eigenvalue weighted by molar-refractivity contribution is 1.28. The number of fused-ring (bicyclic) bond motifs is 12. The third-order valence-electron chi connectivity index (χ3n) is 14.7. The zero-order valence-corrected chi connectivity index (χ0v) is 45.2. The molecule has 376 valence electrons. The molecule has 0 amide bonds. The minimum atomic E-state index is 1.13. The molecule has 0 spiro atoms. The van der Waals surface area contributed by atoms with E-state index in [4.69, 9.17) is 0 Å². The zero-order chi connectivity index (χ0) is 53.4. The molecule has 14 aromatic rings. The minimum absolute atomic E-state index is 1.13. The molecule has 0 aromatic heterocycles. The zero-order valence-electron chi connectivity index (χ0n) is 45.2. The molecule has 0 radical (unpaired) electrons. The highest BCUT2D eigenvalue weighted by Gasteiger charge is 2.16. The molecule has 0 saturated heterocycles. The van der Waals surface area contributed by atoms with Gasteiger partial charge in [-0.2, -0.15) is 0 Å². The van der Waals surface area contributed by atoms with Gasteiger partial charge in [0.1, 0.15) is 0 Å². The topological polar surface area (TPSA) is 3.24 Å². The second kappa shape index (κ2) is 23.1. The standard InChI is InChI=1S/C43H31N.C25H18.C7H8.C2H6/c1-30-18-20-31(21-19-30)32-22-25-36(26-23-32)44(35-11-3-2-4-12-35)37-13-9-10-33(28-37)34-24-27-42-40-16-6-5-14-38(40)39-15-7-8-17-41(39)43(42)29-34;1-17-7-6-8-18(15-17)19-13-14-24-22-11-3-2-9-20(22)21-10-4-5-12-23(21)25(24)16-19;1-7-5-3-2-4-6-7;1-2/h2-29H,1H3;2-16H,1H3;2-6H,1H3;1-2H3. The molecule has 14 aromatic carbocycles. The first kappa shape index (κ1) is 50.6. The van der Waals surface area contributed by atoms with Crippen LogP contribution in [0.1, 0.15) is 30.5 Å². The maximum absolute atomic E-state index is 2.37. The Bertz CT molecular complexity index is 4280. The van der Waals surface area contributed by atoms with Crippen molar-refractivity contribution < 1.29 is 0 Å². The summed E-state index contributed by atoms with van der Waals surface area (Å²) in [5, 5.41) is 15.7. The average molecular weight is 1000 g/mol. The average Bonchev–Trinajstić information content (AvgIpc) is 3.64. The first-order valence-corrected chi connectivity index (χ1v) is 27.3. The molecule has 0 aliphatic rings. The number of hydrogen-bond donors (Lipinski definition) is 0. The Labute approximate surface area is 460 Å². The number of para-hydroxylation sites is 1. The maximum atomic E-state index is 2.37. The Morgan fingerprint density at radius 3 is 0.897 bits per heavy atom. The highest BCUT2D eigenvalue weighted by molar-refractivity contribution is 6.27. The van der Waals surface area contributed by atoms with Gasteiger partial charge in [0.25, 0.3) is 0 Å². The van der Waals surface area contributed by atoms with Crippen molar-refractivity contribution in [2.75, 3.05) is 4.90 Å². The maximum Gasteiger partial charge on any atom is 0.0467 e. The fraction of sp³-hybridized carbons (Fsp3) is 0.0649. The minimum Gasteiger partial charge on any atom is -0.310 e. The van der Waals surface area contributed by atoms with E-state index in [1.807, 2.05) is 32.0 Å². The summed E-state index contributed by atoms with van der Waals surface area (Å²) in [6.07, 6.45) is 0. The fourth-order valence-electron chi connectivity index (χ4n) is 10.9. The van der Waals surface area contributed by atoms with Gasteiger partial charge in [0, 0.05) is 17.1 Å². The molecule has 0 aliphatic heterocycles. The van der Waals surface area contributed by atoms with Gasteiger partial charge in [-0.15, -0.1) is 0 Å². The van der Waals surface area contributed by atoms with Crippen molar-refractivity contribution in [3.63, 3.8) is 0 Å². The second-order valence-corrected chi connectivity index (χ2v) is 19.9. The summed E-state index contributed by atoms with van der Waals surface area (Å²) in [5.41, 5.74) is 14.7. The van der Waals surface area contributed by atoms with Crippen LogP contribution in [0.2, 0.25) is 0 Å². The molecule has 0 saturated carbocycles. The van der Waals surface area contributed by atoms with Crippen molar-refractivity contribution in [3.05, 3.63) is 308 Å². The lowest BCUT2D eigenvalue weighted by atomic mass is 9.92. The quantitative estimate of drug-likeness (QED) is 0.150.